The third-order valence-electron chi connectivity index (χ3n) is 4.44. The van der Waals surface area contributed by atoms with Crippen molar-refractivity contribution < 1.29 is 14.3 Å². The van der Waals surface area contributed by atoms with Gasteiger partial charge in [-0.05, 0) is 45.7 Å². The number of carbonyl (C=O) groups is 2. The van der Waals surface area contributed by atoms with Crippen molar-refractivity contribution in [1.29, 1.82) is 0 Å². The van der Waals surface area contributed by atoms with E-state index in [1.165, 1.54) is 4.88 Å². The number of ketones is 1. The molecule has 1 aliphatic heterocycles. The van der Waals surface area contributed by atoms with Gasteiger partial charge in [0.15, 0.2) is 5.78 Å². The van der Waals surface area contributed by atoms with Gasteiger partial charge in [0.05, 0.1) is 6.61 Å². The molecule has 0 fully saturated rings. The number of thiophene rings is 1. The quantitative estimate of drug-likeness (QED) is 0.792. The molecule has 0 bridgehead atoms. The van der Waals surface area contributed by atoms with Crippen LogP contribution in [0.5, 0.6) is 0 Å². The van der Waals surface area contributed by atoms with E-state index in [4.69, 9.17) is 4.74 Å². The number of hydrogen-bond acceptors (Lipinski definition) is 5. The third kappa shape index (κ3) is 2.90. The second-order valence-corrected chi connectivity index (χ2v) is 7.37. The Bertz CT molecular complexity index is 714. The Hall–Kier alpha value is -1.75. The fraction of sp³-hybridized carbons (Fsp3) is 0.500. The molecule has 5 heteroatoms. The maximum atomic E-state index is 12.6. The molecule has 2 heterocycles. The summed E-state index contributed by atoms with van der Waals surface area (Å²) in [4.78, 5) is 32.0. The van der Waals surface area contributed by atoms with Crippen molar-refractivity contribution in [3.63, 3.8) is 0 Å². The number of nitrogens with zero attached hydrogens (tertiary/aromatic N) is 1. The zero-order valence-corrected chi connectivity index (χ0v) is 14.5. The van der Waals surface area contributed by atoms with E-state index in [0.717, 1.165) is 34.7 Å². The number of rotatable bonds is 3. The molecule has 0 N–H and O–H groups in total. The van der Waals surface area contributed by atoms with Crippen LogP contribution in [0.25, 0.3) is 0 Å². The molecule has 1 aliphatic carbocycles. The van der Waals surface area contributed by atoms with E-state index in [1.807, 2.05) is 26.0 Å². The van der Waals surface area contributed by atoms with Gasteiger partial charge in [0.1, 0.15) is 5.92 Å². The fourth-order valence-electron chi connectivity index (χ4n) is 3.47. The highest BCUT2D eigenvalue weighted by atomic mass is 32.1. The number of allylic oxidation sites excluding steroid dienone is 2. The van der Waals surface area contributed by atoms with Gasteiger partial charge in [0.2, 0.25) is 0 Å². The summed E-state index contributed by atoms with van der Waals surface area (Å²) < 4.78 is 5.28. The van der Waals surface area contributed by atoms with Crippen molar-refractivity contribution in [3.8, 4) is 0 Å². The molecular weight excluding hydrogens is 310 g/mol. The Morgan fingerprint density at radius 1 is 1.35 bits per heavy atom. The molecule has 2 aliphatic rings. The molecule has 1 aromatic rings. The average Bonchev–Trinajstić information content (AvgIpc) is 2.92. The Balaban J connectivity index is 2.13. The first-order valence-electron chi connectivity index (χ1n) is 8.07. The van der Waals surface area contributed by atoms with Crippen molar-refractivity contribution >= 4 is 28.8 Å². The van der Waals surface area contributed by atoms with Crippen LogP contribution in [-0.2, 0) is 14.3 Å². The van der Waals surface area contributed by atoms with E-state index in [-0.39, 0.29) is 17.7 Å². The summed E-state index contributed by atoms with van der Waals surface area (Å²) in [6, 6.07) is 4.07. The highest BCUT2D eigenvalue weighted by Crippen LogP contribution is 2.45. The van der Waals surface area contributed by atoms with Gasteiger partial charge in [-0.15, -0.1) is 11.3 Å². The normalized spacial score (nSPS) is 24.3. The molecule has 4 nitrogen and oxygen atoms in total. The summed E-state index contributed by atoms with van der Waals surface area (Å²) in [5.41, 5.74) is 2.37. The van der Waals surface area contributed by atoms with Gasteiger partial charge in [-0.3, -0.25) is 14.6 Å². The van der Waals surface area contributed by atoms with Crippen LogP contribution < -0.4 is 0 Å². The van der Waals surface area contributed by atoms with Crippen molar-refractivity contribution in [1.82, 2.24) is 0 Å². The monoisotopic (exact) mass is 331 g/mol. The molecule has 0 spiro atoms. The van der Waals surface area contributed by atoms with E-state index in [2.05, 4.69) is 4.99 Å². The van der Waals surface area contributed by atoms with E-state index in [1.54, 1.807) is 18.3 Å². The summed E-state index contributed by atoms with van der Waals surface area (Å²) >= 11 is 1.64. The average molecular weight is 331 g/mol. The lowest BCUT2D eigenvalue weighted by atomic mass is 9.74. The Morgan fingerprint density at radius 2 is 2.13 bits per heavy atom. The summed E-state index contributed by atoms with van der Waals surface area (Å²) in [6.45, 7) is 6.04. The molecular formula is C18H21NO3S. The van der Waals surface area contributed by atoms with Gasteiger partial charge in [-0.2, -0.15) is 0 Å². The predicted molar refractivity (Wildman–Crippen MR) is 90.9 cm³/mol. The van der Waals surface area contributed by atoms with Crippen molar-refractivity contribution in [2.75, 3.05) is 6.61 Å². The maximum Gasteiger partial charge on any atom is 0.315 e. The minimum atomic E-state index is -0.492. The van der Waals surface area contributed by atoms with Gasteiger partial charge in [-0.1, -0.05) is 0 Å². The van der Waals surface area contributed by atoms with Gasteiger partial charge >= 0.3 is 5.97 Å². The fourth-order valence-corrected chi connectivity index (χ4v) is 4.50. The van der Waals surface area contributed by atoms with Crippen LogP contribution in [0.1, 0.15) is 48.8 Å². The Labute approximate surface area is 140 Å². The number of aliphatic imine (C=N–C) groups is 1. The minimum Gasteiger partial charge on any atom is -0.465 e. The van der Waals surface area contributed by atoms with Crippen LogP contribution in [0.2, 0.25) is 0 Å². The van der Waals surface area contributed by atoms with Crippen LogP contribution in [0.3, 0.4) is 0 Å². The molecule has 0 saturated heterocycles. The van der Waals surface area contributed by atoms with Crippen LogP contribution in [0.4, 0.5) is 0 Å². The first kappa shape index (κ1) is 16.1. The van der Waals surface area contributed by atoms with Gasteiger partial charge in [0, 0.05) is 39.1 Å². The number of ether oxygens (including phenoxy) is 1. The highest BCUT2D eigenvalue weighted by Gasteiger charge is 2.43. The standard InChI is InChI=1S/C18H21NO3S/c1-4-22-18(21)15-11(3)19-12-6-5-7-13(20)16(12)17(15)14-9-8-10(2)23-14/h8-9,15,17H,4-7H2,1-3H3/t15?,17-/m0/s1. The predicted octanol–water partition coefficient (Wildman–Crippen LogP) is 3.80. The topological polar surface area (TPSA) is 55.7 Å². The molecule has 2 atom stereocenters. The van der Waals surface area contributed by atoms with Crippen molar-refractivity contribution in [3.05, 3.63) is 33.2 Å². The van der Waals surface area contributed by atoms with Crippen molar-refractivity contribution in [2.24, 2.45) is 10.9 Å². The largest absolute Gasteiger partial charge is 0.465 e. The zero-order chi connectivity index (χ0) is 16.6. The van der Waals surface area contributed by atoms with E-state index in [9.17, 15) is 9.59 Å². The number of esters is 1. The lowest BCUT2D eigenvalue weighted by molar-refractivity contribution is -0.146. The first-order valence-corrected chi connectivity index (χ1v) is 8.89. The van der Waals surface area contributed by atoms with Gasteiger partial charge in [-0.25, -0.2) is 0 Å². The summed E-state index contributed by atoms with van der Waals surface area (Å²) in [7, 11) is 0. The molecule has 0 amide bonds. The lowest BCUT2D eigenvalue weighted by Gasteiger charge is -2.33. The summed E-state index contributed by atoms with van der Waals surface area (Å²) in [5.74, 6) is -0.885. The third-order valence-corrected chi connectivity index (χ3v) is 5.53. The van der Waals surface area contributed by atoms with Crippen LogP contribution in [0.15, 0.2) is 28.4 Å². The second-order valence-electron chi connectivity index (χ2n) is 6.05. The summed E-state index contributed by atoms with van der Waals surface area (Å²) in [5, 5.41) is 0. The molecule has 0 radical (unpaired) electrons. The van der Waals surface area contributed by atoms with E-state index >= 15 is 0 Å². The smallest absolute Gasteiger partial charge is 0.315 e. The molecule has 122 valence electrons. The van der Waals surface area contributed by atoms with Gasteiger partial charge in [0.25, 0.3) is 0 Å². The lowest BCUT2D eigenvalue weighted by Crippen LogP contribution is -2.37. The molecule has 1 aromatic heterocycles. The van der Waals surface area contributed by atoms with Crippen LogP contribution in [-0.4, -0.2) is 24.1 Å². The van der Waals surface area contributed by atoms with E-state index < -0.39 is 5.92 Å². The maximum absolute atomic E-state index is 12.6. The Morgan fingerprint density at radius 3 is 2.78 bits per heavy atom. The summed E-state index contributed by atoms with van der Waals surface area (Å²) in [6.07, 6.45) is 2.20. The second kappa shape index (κ2) is 6.40. The van der Waals surface area contributed by atoms with Gasteiger partial charge < -0.3 is 4.74 Å². The minimum absolute atomic E-state index is 0.132. The molecule has 0 saturated carbocycles. The van der Waals surface area contributed by atoms with Crippen molar-refractivity contribution in [2.45, 2.75) is 46.0 Å². The Kier molecular flexibility index (Phi) is 4.48. The number of aryl methyl sites for hydroxylation is 1. The molecule has 23 heavy (non-hydrogen) atoms. The molecule has 3 rings (SSSR count). The van der Waals surface area contributed by atoms with Crippen LogP contribution in [0, 0.1) is 12.8 Å². The number of hydrogen-bond donors (Lipinski definition) is 0. The first-order chi connectivity index (χ1) is 11.0. The molecule has 1 unspecified atom stereocenters. The van der Waals surface area contributed by atoms with Crippen LogP contribution >= 0.6 is 11.3 Å². The van der Waals surface area contributed by atoms with E-state index in [0.29, 0.717) is 13.0 Å². The highest BCUT2D eigenvalue weighted by molar-refractivity contribution is 7.12. The zero-order valence-electron chi connectivity index (χ0n) is 13.7. The SMILES string of the molecule is CCOC(=O)C1C(C)=NC2=C(C(=O)CCC2)[C@H]1c1ccc(C)s1. The number of carbonyl (C=O) groups excluding carboxylic acids is 2. The number of Topliss-reactive ketones (excluding diaryl/α,β-unsaturated/α-hetero) is 1. The molecule has 0 aromatic carbocycles.